The maximum Gasteiger partial charge on any atom is 0.181 e. The molecule has 1 aliphatic heterocycles. The van der Waals surface area contributed by atoms with Crippen molar-refractivity contribution < 1.29 is 14.6 Å². The van der Waals surface area contributed by atoms with Crippen LogP contribution in [0.1, 0.15) is 26.3 Å². The number of rotatable bonds is 3. The van der Waals surface area contributed by atoms with Crippen molar-refractivity contribution in [2.75, 3.05) is 0 Å². The summed E-state index contributed by atoms with van der Waals surface area (Å²) >= 11 is 0. The smallest absolute Gasteiger partial charge is 0.181 e. The van der Waals surface area contributed by atoms with Crippen molar-refractivity contribution in [1.29, 1.82) is 0 Å². The third kappa shape index (κ3) is 2.91. The highest BCUT2D eigenvalue weighted by molar-refractivity contribution is 5.13. The van der Waals surface area contributed by atoms with E-state index in [9.17, 15) is 5.11 Å². The molecular formula is C15H22O3. The third-order valence-corrected chi connectivity index (χ3v) is 4.01. The van der Waals surface area contributed by atoms with Crippen LogP contribution in [0.3, 0.4) is 0 Å². The lowest BCUT2D eigenvalue weighted by atomic mass is 9.84. The highest BCUT2D eigenvalue weighted by atomic mass is 16.6. The van der Waals surface area contributed by atoms with E-state index in [4.69, 9.17) is 9.47 Å². The van der Waals surface area contributed by atoms with Crippen molar-refractivity contribution in [3.05, 3.63) is 35.9 Å². The molecule has 1 aliphatic rings. The molecule has 0 amide bonds. The van der Waals surface area contributed by atoms with Crippen molar-refractivity contribution in [1.82, 2.24) is 0 Å². The Labute approximate surface area is 109 Å². The van der Waals surface area contributed by atoms with Gasteiger partial charge in [0.15, 0.2) is 6.29 Å². The Balaban J connectivity index is 1.96. The Morgan fingerprint density at radius 1 is 1.11 bits per heavy atom. The quantitative estimate of drug-likeness (QED) is 0.896. The Morgan fingerprint density at radius 2 is 1.78 bits per heavy atom. The zero-order chi connectivity index (χ0) is 13.1. The molecule has 0 aliphatic carbocycles. The lowest BCUT2D eigenvalue weighted by Crippen LogP contribution is -2.49. The highest BCUT2D eigenvalue weighted by Gasteiger charge is 2.39. The van der Waals surface area contributed by atoms with E-state index in [1.807, 2.05) is 37.3 Å². The van der Waals surface area contributed by atoms with E-state index in [-0.39, 0.29) is 18.1 Å². The van der Waals surface area contributed by atoms with Crippen LogP contribution in [-0.4, -0.2) is 23.6 Å². The van der Waals surface area contributed by atoms with Gasteiger partial charge in [0.2, 0.25) is 0 Å². The van der Waals surface area contributed by atoms with E-state index in [2.05, 4.69) is 13.8 Å². The predicted octanol–water partition coefficient (Wildman–Crippen LogP) is 2.58. The first-order valence-electron chi connectivity index (χ1n) is 6.58. The van der Waals surface area contributed by atoms with Crippen LogP contribution >= 0.6 is 0 Å². The van der Waals surface area contributed by atoms with Gasteiger partial charge < -0.3 is 14.6 Å². The van der Waals surface area contributed by atoms with E-state index in [1.165, 1.54) is 0 Å². The SMILES string of the molecule is CC1OC(O)C(OCc2ccccc2)C(C)C1C. The van der Waals surface area contributed by atoms with Crippen LogP contribution in [0.25, 0.3) is 0 Å². The van der Waals surface area contributed by atoms with Crippen molar-refractivity contribution >= 4 is 0 Å². The van der Waals surface area contributed by atoms with E-state index in [0.717, 1.165) is 5.56 Å². The van der Waals surface area contributed by atoms with Crippen molar-refractivity contribution in [2.45, 2.75) is 45.9 Å². The fraction of sp³-hybridized carbons (Fsp3) is 0.600. The molecule has 1 N–H and O–H groups in total. The minimum atomic E-state index is -0.824. The second-order valence-corrected chi connectivity index (χ2v) is 5.21. The second kappa shape index (κ2) is 5.83. The van der Waals surface area contributed by atoms with Gasteiger partial charge in [0, 0.05) is 0 Å². The number of aliphatic hydroxyl groups is 1. The fourth-order valence-corrected chi connectivity index (χ4v) is 2.41. The number of hydrogen-bond donors (Lipinski definition) is 1. The molecule has 0 aromatic heterocycles. The minimum absolute atomic E-state index is 0.0755. The summed E-state index contributed by atoms with van der Waals surface area (Å²) in [5.74, 6) is 0.668. The Hall–Kier alpha value is -0.900. The third-order valence-electron chi connectivity index (χ3n) is 4.01. The Kier molecular flexibility index (Phi) is 4.38. The summed E-state index contributed by atoms with van der Waals surface area (Å²) in [5.41, 5.74) is 1.11. The number of hydrogen-bond acceptors (Lipinski definition) is 3. The summed E-state index contributed by atoms with van der Waals surface area (Å²) in [6.45, 7) is 6.76. The predicted molar refractivity (Wildman–Crippen MR) is 69.9 cm³/mol. The summed E-state index contributed by atoms with van der Waals surface area (Å²) in [4.78, 5) is 0. The topological polar surface area (TPSA) is 38.7 Å². The first-order valence-corrected chi connectivity index (χ1v) is 6.58. The second-order valence-electron chi connectivity index (χ2n) is 5.21. The molecule has 0 spiro atoms. The molecular weight excluding hydrogens is 228 g/mol. The Morgan fingerprint density at radius 3 is 2.44 bits per heavy atom. The molecule has 0 saturated carbocycles. The van der Waals surface area contributed by atoms with Crippen LogP contribution in [0.4, 0.5) is 0 Å². The lowest BCUT2D eigenvalue weighted by molar-refractivity contribution is -0.260. The normalized spacial score (nSPS) is 36.6. The van der Waals surface area contributed by atoms with Gasteiger partial charge in [0.1, 0.15) is 6.10 Å². The van der Waals surface area contributed by atoms with Crippen LogP contribution < -0.4 is 0 Å². The molecule has 0 radical (unpaired) electrons. The van der Waals surface area contributed by atoms with Gasteiger partial charge in [0.05, 0.1) is 12.7 Å². The van der Waals surface area contributed by atoms with E-state index >= 15 is 0 Å². The molecule has 1 fully saturated rings. The van der Waals surface area contributed by atoms with Crippen LogP contribution in [-0.2, 0) is 16.1 Å². The van der Waals surface area contributed by atoms with Gasteiger partial charge in [0.25, 0.3) is 0 Å². The lowest BCUT2D eigenvalue weighted by Gasteiger charge is -2.41. The molecule has 3 nitrogen and oxygen atoms in total. The van der Waals surface area contributed by atoms with Gasteiger partial charge in [-0.1, -0.05) is 44.2 Å². The summed E-state index contributed by atoms with van der Waals surface area (Å²) in [5, 5.41) is 9.96. The molecule has 2 rings (SSSR count). The summed E-state index contributed by atoms with van der Waals surface area (Å²) in [7, 11) is 0. The van der Waals surface area contributed by atoms with Crippen LogP contribution in [0.2, 0.25) is 0 Å². The van der Waals surface area contributed by atoms with Gasteiger partial charge in [-0.05, 0) is 24.3 Å². The average molecular weight is 250 g/mol. The maximum atomic E-state index is 9.96. The molecule has 1 heterocycles. The zero-order valence-corrected chi connectivity index (χ0v) is 11.2. The van der Waals surface area contributed by atoms with Gasteiger partial charge >= 0.3 is 0 Å². The first kappa shape index (κ1) is 13.5. The van der Waals surface area contributed by atoms with Crippen molar-refractivity contribution in [2.24, 2.45) is 11.8 Å². The fourth-order valence-electron chi connectivity index (χ4n) is 2.41. The van der Waals surface area contributed by atoms with Crippen LogP contribution in [0.15, 0.2) is 30.3 Å². The molecule has 0 bridgehead atoms. The first-order chi connectivity index (χ1) is 8.59. The molecule has 5 atom stereocenters. The van der Waals surface area contributed by atoms with Crippen molar-refractivity contribution in [3.63, 3.8) is 0 Å². The molecule has 1 saturated heterocycles. The summed E-state index contributed by atoms with van der Waals surface area (Å²) < 4.78 is 11.3. The molecule has 5 unspecified atom stereocenters. The standard InChI is InChI=1S/C15H22O3/c1-10-11(2)14(15(16)18-12(10)3)17-9-13-7-5-4-6-8-13/h4-8,10-12,14-16H,9H2,1-3H3. The largest absolute Gasteiger partial charge is 0.368 e. The summed E-state index contributed by atoms with van der Waals surface area (Å²) in [6.07, 6.45) is -1.00. The van der Waals surface area contributed by atoms with Crippen molar-refractivity contribution in [3.8, 4) is 0 Å². The average Bonchev–Trinajstić information content (AvgIpc) is 2.37. The minimum Gasteiger partial charge on any atom is -0.368 e. The van der Waals surface area contributed by atoms with Gasteiger partial charge in [-0.3, -0.25) is 0 Å². The molecule has 3 heteroatoms. The molecule has 18 heavy (non-hydrogen) atoms. The number of aliphatic hydroxyl groups excluding tert-OH is 1. The van der Waals surface area contributed by atoms with Gasteiger partial charge in [-0.15, -0.1) is 0 Å². The molecule has 1 aromatic carbocycles. The van der Waals surface area contributed by atoms with E-state index < -0.39 is 6.29 Å². The number of benzene rings is 1. The number of ether oxygens (including phenoxy) is 2. The molecule has 100 valence electrons. The summed E-state index contributed by atoms with van der Waals surface area (Å²) in [6, 6.07) is 10.00. The zero-order valence-electron chi connectivity index (χ0n) is 11.2. The maximum absolute atomic E-state index is 9.96. The van der Waals surface area contributed by atoms with E-state index in [0.29, 0.717) is 12.5 Å². The van der Waals surface area contributed by atoms with Gasteiger partial charge in [-0.2, -0.15) is 0 Å². The van der Waals surface area contributed by atoms with Gasteiger partial charge in [-0.25, -0.2) is 0 Å². The monoisotopic (exact) mass is 250 g/mol. The molecule has 1 aromatic rings. The van der Waals surface area contributed by atoms with E-state index in [1.54, 1.807) is 0 Å². The van der Waals surface area contributed by atoms with Crippen LogP contribution in [0, 0.1) is 11.8 Å². The Bertz CT molecular complexity index is 365. The highest BCUT2D eigenvalue weighted by Crippen LogP contribution is 2.31. The van der Waals surface area contributed by atoms with Crippen LogP contribution in [0.5, 0.6) is 0 Å².